The minimum atomic E-state index is -1.86. The minimum absolute atomic E-state index is 0.0651. The van der Waals surface area contributed by atoms with E-state index in [1.165, 1.54) is 26.4 Å². The molecular weight excluding hydrogens is 484 g/mol. The van der Waals surface area contributed by atoms with Gasteiger partial charge in [0.2, 0.25) is 23.2 Å². The van der Waals surface area contributed by atoms with Gasteiger partial charge in [-0.05, 0) is 12.1 Å². The van der Waals surface area contributed by atoms with E-state index in [2.05, 4.69) is 0 Å². The van der Waals surface area contributed by atoms with Crippen molar-refractivity contribution in [2.24, 2.45) is 0 Å². The van der Waals surface area contributed by atoms with Crippen molar-refractivity contribution in [3.8, 4) is 45.8 Å². The molecule has 0 radical (unpaired) electrons. The molecule has 5 atom stereocenters. The van der Waals surface area contributed by atoms with Crippen LogP contribution >= 0.6 is 0 Å². The Hall–Kier alpha value is -3.75. The highest BCUT2D eigenvalue weighted by Crippen LogP contribution is 2.43. The summed E-state index contributed by atoms with van der Waals surface area (Å²) in [7, 11) is 2.55. The highest BCUT2D eigenvalue weighted by Gasteiger charge is 2.45. The largest absolute Gasteiger partial charge is 0.508 e. The van der Waals surface area contributed by atoms with E-state index in [0.29, 0.717) is 0 Å². The molecule has 13 heteroatoms. The van der Waals surface area contributed by atoms with Gasteiger partial charge < -0.3 is 59.1 Å². The smallest absolute Gasteiger partial charge is 0.239 e. The Morgan fingerprint density at radius 3 is 2.14 bits per heavy atom. The second kappa shape index (κ2) is 9.72. The fourth-order valence-corrected chi connectivity index (χ4v) is 3.87. The van der Waals surface area contributed by atoms with Gasteiger partial charge in [0.05, 0.1) is 20.8 Å². The van der Waals surface area contributed by atoms with E-state index < -0.39 is 60.0 Å². The number of aliphatic hydroxyl groups excluding tert-OH is 4. The molecule has 1 fully saturated rings. The highest BCUT2D eigenvalue weighted by molar-refractivity contribution is 5.88. The summed E-state index contributed by atoms with van der Waals surface area (Å²) in [6.45, 7) is -0.740. The summed E-state index contributed by atoms with van der Waals surface area (Å²) in [5.41, 5.74) is -1.12. The van der Waals surface area contributed by atoms with E-state index in [0.717, 1.165) is 12.1 Å². The molecule has 13 nitrogen and oxygen atoms in total. The first-order chi connectivity index (χ1) is 17.1. The quantitative estimate of drug-likeness (QED) is 0.230. The molecule has 0 amide bonds. The van der Waals surface area contributed by atoms with E-state index in [4.69, 9.17) is 23.4 Å². The fraction of sp³-hybridized carbons (Fsp3) is 0.348. The number of fused-ring (bicyclic) bond motifs is 1. The second-order valence-corrected chi connectivity index (χ2v) is 7.97. The summed E-state index contributed by atoms with van der Waals surface area (Å²) in [4.78, 5) is 13.5. The minimum Gasteiger partial charge on any atom is -0.508 e. The highest BCUT2D eigenvalue weighted by atomic mass is 16.7. The maximum absolute atomic E-state index is 13.5. The Kier molecular flexibility index (Phi) is 6.84. The molecule has 194 valence electrons. The standard InChI is InChI=1S/C23H24O13/c1-32-12-3-8(4-13(33-2)16(12)27)21-22(18(29)15-10(26)5-9(25)6-11(15)34-21)36-23-20(31)19(30)17(28)14(7-24)35-23/h3-6,14,17,19-20,23-28,30-31H,7H2,1-2H3/t14-,17+,19-,20+,23+/m1/s1. The van der Waals surface area contributed by atoms with E-state index in [-0.39, 0.29) is 39.5 Å². The third-order valence-electron chi connectivity index (χ3n) is 5.74. The van der Waals surface area contributed by atoms with Crippen molar-refractivity contribution in [2.45, 2.75) is 30.7 Å². The van der Waals surface area contributed by atoms with E-state index >= 15 is 0 Å². The predicted octanol–water partition coefficient (Wildman–Crippen LogP) is -0.227. The fourth-order valence-electron chi connectivity index (χ4n) is 3.87. The molecule has 2 heterocycles. The van der Waals surface area contributed by atoms with Gasteiger partial charge in [-0.25, -0.2) is 0 Å². The zero-order chi connectivity index (χ0) is 26.3. The Labute approximate surface area is 202 Å². The van der Waals surface area contributed by atoms with Crippen molar-refractivity contribution in [3.05, 3.63) is 34.5 Å². The van der Waals surface area contributed by atoms with E-state index in [9.17, 15) is 40.5 Å². The molecule has 7 N–H and O–H groups in total. The Bertz CT molecular complexity index is 1310. The molecule has 3 aromatic rings. The summed E-state index contributed by atoms with van der Waals surface area (Å²) >= 11 is 0. The average molecular weight is 508 g/mol. The molecular formula is C23H24O13. The maximum atomic E-state index is 13.5. The molecule has 0 saturated carbocycles. The zero-order valence-corrected chi connectivity index (χ0v) is 19.0. The number of aliphatic hydroxyl groups is 4. The number of phenols is 3. The molecule has 36 heavy (non-hydrogen) atoms. The number of benzene rings is 2. The number of aromatic hydroxyl groups is 3. The van der Waals surface area contributed by atoms with Crippen LogP contribution in [-0.4, -0.2) is 87.3 Å². The van der Waals surface area contributed by atoms with Gasteiger partial charge in [-0.2, -0.15) is 0 Å². The van der Waals surface area contributed by atoms with Crippen LogP contribution < -0.4 is 19.6 Å². The van der Waals surface area contributed by atoms with Crippen molar-refractivity contribution in [1.82, 2.24) is 0 Å². The molecule has 4 rings (SSSR count). The lowest BCUT2D eigenvalue weighted by Gasteiger charge is -2.39. The summed E-state index contributed by atoms with van der Waals surface area (Å²) < 4.78 is 27.1. The van der Waals surface area contributed by atoms with Crippen molar-refractivity contribution in [3.63, 3.8) is 0 Å². The number of ether oxygens (including phenoxy) is 4. The van der Waals surface area contributed by atoms with Gasteiger partial charge >= 0.3 is 0 Å². The molecule has 0 bridgehead atoms. The lowest BCUT2D eigenvalue weighted by Crippen LogP contribution is -2.60. The number of phenolic OH excluding ortho intramolecular Hbond substituents is 3. The van der Waals surface area contributed by atoms with Crippen molar-refractivity contribution >= 4 is 11.0 Å². The summed E-state index contributed by atoms with van der Waals surface area (Å²) in [5, 5.41) is 70.1. The molecule has 0 aliphatic carbocycles. The van der Waals surface area contributed by atoms with Gasteiger partial charge in [-0.15, -0.1) is 0 Å². The van der Waals surface area contributed by atoms with Crippen LogP contribution in [0.25, 0.3) is 22.3 Å². The van der Waals surface area contributed by atoms with Crippen molar-refractivity contribution < 1.29 is 59.1 Å². The number of methoxy groups -OCH3 is 2. The molecule has 1 aliphatic rings. The first-order valence-corrected chi connectivity index (χ1v) is 10.6. The molecule has 1 saturated heterocycles. The lowest BCUT2D eigenvalue weighted by molar-refractivity contribution is -0.277. The number of rotatable bonds is 6. The molecule has 1 aliphatic heterocycles. The van der Waals surface area contributed by atoms with Gasteiger partial charge in [0.25, 0.3) is 0 Å². The maximum Gasteiger partial charge on any atom is 0.239 e. The number of hydrogen-bond acceptors (Lipinski definition) is 13. The van der Waals surface area contributed by atoms with Crippen LogP contribution in [0.15, 0.2) is 33.5 Å². The SMILES string of the molecule is COc1cc(-c2oc3cc(O)cc(O)c3c(=O)c2O[C@@H]2O[C@H](CO)[C@H](O)[C@@H](O)[C@@H]2O)cc(OC)c1O. The summed E-state index contributed by atoms with van der Waals surface area (Å²) in [6.07, 6.45) is -8.42. The van der Waals surface area contributed by atoms with Crippen LogP contribution in [0.1, 0.15) is 0 Å². The first-order valence-electron chi connectivity index (χ1n) is 10.6. The summed E-state index contributed by atoms with van der Waals surface area (Å²) in [6, 6.07) is 4.55. The molecule has 2 aromatic carbocycles. The Balaban J connectivity index is 1.96. The van der Waals surface area contributed by atoms with Gasteiger partial charge in [-0.1, -0.05) is 0 Å². The zero-order valence-electron chi connectivity index (χ0n) is 19.0. The molecule has 0 spiro atoms. The van der Waals surface area contributed by atoms with Gasteiger partial charge in [0.1, 0.15) is 46.9 Å². The van der Waals surface area contributed by atoms with Gasteiger partial charge in [-0.3, -0.25) is 4.79 Å². The number of hydrogen-bond donors (Lipinski definition) is 7. The van der Waals surface area contributed by atoms with Crippen LogP contribution in [0.4, 0.5) is 0 Å². The third-order valence-corrected chi connectivity index (χ3v) is 5.74. The van der Waals surface area contributed by atoms with Crippen LogP contribution in [0, 0.1) is 0 Å². The third kappa shape index (κ3) is 4.23. The summed E-state index contributed by atoms with van der Waals surface area (Å²) in [5.74, 6) is -2.44. The second-order valence-electron chi connectivity index (χ2n) is 7.97. The van der Waals surface area contributed by atoms with Crippen LogP contribution in [0.2, 0.25) is 0 Å². The van der Waals surface area contributed by atoms with Crippen molar-refractivity contribution in [2.75, 3.05) is 20.8 Å². The first kappa shape index (κ1) is 25.3. The van der Waals surface area contributed by atoms with Crippen LogP contribution in [-0.2, 0) is 4.74 Å². The monoisotopic (exact) mass is 508 g/mol. The van der Waals surface area contributed by atoms with Crippen LogP contribution in [0.3, 0.4) is 0 Å². The molecule has 1 aromatic heterocycles. The van der Waals surface area contributed by atoms with Gasteiger partial charge in [0, 0.05) is 17.7 Å². The van der Waals surface area contributed by atoms with E-state index in [1.807, 2.05) is 0 Å². The molecule has 0 unspecified atom stereocenters. The Morgan fingerprint density at radius 2 is 1.56 bits per heavy atom. The van der Waals surface area contributed by atoms with Gasteiger partial charge in [0.15, 0.2) is 17.3 Å². The predicted molar refractivity (Wildman–Crippen MR) is 120 cm³/mol. The van der Waals surface area contributed by atoms with E-state index in [1.54, 1.807) is 0 Å². The van der Waals surface area contributed by atoms with Crippen molar-refractivity contribution in [1.29, 1.82) is 0 Å². The topological polar surface area (TPSA) is 209 Å². The normalized spacial score (nSPS) is 24.0. The van der Waals surface area contributed by atoms with Crippen LogP contribution in [0.5, 0.6) is 34.5 Å². The lowest BCUT2D eigenvalue weighted by atomic mass is 9.99. The average Bonchev–Trinajstić information content (AvgIpc) is 2.85. The Morgan fingerprint density at radius 1 is 0.917 bits per heavy atom.